The van der Waals surface area contributed by atoms with E-state index in [9.17, 15) is 4.91 Å². The third-order valence-corrected chi connectivity index (χ3v) is 1.02. The SMILES string of the molecule is O=NCCC(O)CCO. The van der Waals surface area contributed by atoms with Gasteiger partial charge in [0.2, 0.25) is 0 Å². The summed E-state index contributed by atoms with van der Waals surface area (Å²) in [5.41, 5.74) is 0. The molecule has 0 saturated carbocycles. The molecule has 1 unspecified atom stereocenters. The van der Waals surface area contributed by atoms with E-state index in [0.29, 0.717) is 12.8 Å². The molecule has 0 radical (unpaired) electrons. The number of nitrogens with zero attached hydrogens (tertiary/aromatic N) is 1. The first kappa shape index (κ1) is 8.52. The number of rotatable bonds is 5. The molecule has 1 atom stereocenters. The molecule has 0 aromatic rings. The molecule has 0 aliphatic rings. The normalized spacial score (nSPS) is 13.1. The van der Waals surface area contributed by atoms with Crippen molar-refractivity contribution in [3.63, 3.8) is 0 Å². The van der Waals surface area contributed by atoms with Crippen LogP contribution in [-0.4, -0.2) is 29.5 Å². The fourth-order valence-corrected chi connectivity index (χ4v) is 0.495. The molecule has 9 heavy (non-hydrogen) atoms. The number of hydrogen-bond acceptors (Lipinski definition) is 4. The zero-order valence-electron chi connectivity index (χ0n) is 5.16. The van der Waals surface area contributed by atoms with Gasteiger partial charge >= 0.3 is 0 Å². The molecule has 0 saturated heterocycles. The minimum absolute atomic E-state index is 0.0416. The van der Waals surface area contributed by atoms with Crippen LogP contribution >= 0.6 is 0 Å². The molecular formula is C5H11NO3. The van der Waals surface area contributed by atoms with Gasteiger partial charge < -0.3 is 10.2 Å². The maximum absolute atomic E-state index is 9.49. The lowest BCUT2D eigenvalue weighted by atomic mass is 10.2. The quantitative estimate of drug-likeness (QED) is 0.514. The van der Waals surface area contributed by atoms with Gasteiger partial charge in [-0.1, -0.05) is 5.18 Å². The second-order valence-corrected chi connectivity index (χ2v) is 1.81. The zero-order valence-corrected chi connectivity index (χ0v) is 5.16. The summed E-state index contributed by atoms with van der Waals surface area (Å²) in [4.78, 5) is 9.49. The van der Waals surface area contributed by atoms with Gasteiger partial charge in [-0.25, -0.2) is 0 Å². The summed E-state index contributed by atoms with van der Waals surface area (Å²) in [5.74, 6) is 0. The standard InChI is InChI=1S/C5H11NO3/c7-4-2-5(8)1-3-6-9/h5,7-8H,1-4H2. The van der Waals surface area contributed by atoms with Crippen LogP contribution in [0.4, 0.5) is 0 Å². The molecule has 4 nitrogen and oxygen atoms in total. The Morgan fingerprint density at radius 3 is 2.56 bits per heavy atom. The van der Waals surface area contributed by atoms with E-state index >= 15 is 0 Å². The molecule has 0 aliphatic heterocycles. The van der Waals surface area contributed by atoms with Crippen LogP contribution in [0.1, 0.15) is 12.8 Å². The highest BCUT2D eigenvalue weighted by atomic mass is 16.3. The molecule has 54 valence electrons. The van der Waals surface area contributed by atoms with E-state index in [0.717, 1.165) is 0 Å². The maximum atomic E-state index is 9.49. The van der Waals surface area contributed by atoms with E-state index in [4.69, 9.17) is 10.2 Å². The highest BCUT2D eigenvalue weighted by molar-refractivity contribution is 4.55. The van der Waals surface area contributed by atoms with Gasteiger partial charge in [0.1, 0.15) is 0 Å². The Morgan fingerprint density at radius 1 is 1.44 bits per heavy atom. The number of aliphatic hydroxyl groups excluding tert-OH is 2. The van der Waals surface area contributed by atoms with Crippen LogP contribution < -0.4 is 0 Å². The predicted molar refractivity (Wildman–Crippen MR) is 33.0 cm³/mol. The van der Waals surface area contributed by atoms with Gasteiger partial charge in [0.05, 0.1) is 12.6 Å². The van der Waals surface area contributed by atoms with Gasteiger partial charge in [0, 0.05) is 6.61 Å². The fraction of sp³-hybridized carbons (Fsp3) is 1.00. The molecule has 0 rings (SSSR count). The van der Waals surface area contributed by atoms with Crippen LogP contribution in [0, 0.1) is 4.91 Å². The van der Waals surface area contributed by atoms with Crippen molar-refractivity contribution in [2.24, 2.45) is 5.18 Å². The second-order valence-electron chi connectivity index (χ2n) is 1.81. The van der Waals surface area contributed by atoms with E-state index in [2.05, 4.69) is 5.18 Å². The van der Waals surface area contributed by atoms with Gasteiger partial charge in [-0.3, -0.25) is 0 Å². The monoisotopic (exact) mass is 133 g/mol. The second kappa shape index (κ2) is 5.65. The Morgan fingerprint density at radius 2 is 2.11 bits per heavy atom. The Balaban J connectivity index is 3.04. The molecule has 0 bridgehead atoms. The van der Waals surface area contributed by atoms with E-state index in [-0.39, 0.29) is 13.2 Å². The van der Waals surface area contributed by atoms with Crippen LogP contribution in [-0.2, 0) is 0 Å². The van der Waals surface area contributed by atoms with Crippen LogP contribution in [0.25, 0.3) is 0 Å². The minimum Gasteiger partial charge on any atom is -0.396 e. The summed E-state index contributed by atoms with van der Waals surface area (Å²) < 4.78 is 0. The van der Waals surface area contributed by atoms with Crippen molar-refractivity contribution in [2.75, 3.05) is 13.2 Å². The molecule has 0 aromatic carbocycles. The molecule has 4 heteroatoms. The Kier molecular flexibility index (Phi) is 5.35. The van der Waals surface area contributed by atoms with Gasteiger partial charge in [-0.15, -0.1) is 0 Å². The summed E-state index contributed by atoms with van der Waals surface area (Å²) in [6.07, 6.45) is 0.104. The summed E-state index contributed by atoms with van der Waals surface area (Å²) in [6, 6.07) is 0. The molecule has 0 spiro atoms. The van der Waals surface area contributed by atoms with Crippen molar-refractivity contribution < 1.29 is 10.2 Å². The van der Waals surface area contributed by atoms with Crippen molar-refractivity contribution in [3.8, 4) is 0 Å². The van der Waals surface area contributed by atoms with Crippen molar-refractivity contribution in [1.29, 1.82) is 0 Å². The smallest absolute Gasteiger partial charge is 0.0835 e. The lowest BCUT2D eigenvalue weighted by Crippen LogP contribution is -2.09. The largest absolute Gasteiger partial charge is 0.396 e. The summed E-state index contributed by atoms with van der Waals surface area (Å²) in [5, 5.41) is 19.7. The van der Waals surface area contributed by atoms with E-state index in [1.807, 2.05) is 0 Å². The Labute approximate surface area is 53.5 Å². The Bertz CT molecular complexity index is 76.6. The minimum atomic E-state index is -0.576. The summed E-state index contributed by atoms with van der Waals surface area (Å²) >= 11 is 0. The van der Waals surface area contributed by atoms with E-state index in [1.165, 1.54) is 0 Å². The van der Waals surface area contributed by atoms with Crippen LogP contribution in [0.3, 0.4) is 0 Å². The highest BCUT2D eigenvalue weighted by Crippen LogP contribution is 1.95. The molecule has 0 heterocycles. The third kappa shape index (κ3) is 5.39. The average Bonchev–Trinajstić information content (AvgIpc) is 1.85. The van der Waals surface area contributed by atoms with E-state index in [1.54, 1.807) is 0 Å². The molecule has 2 N–H and O–H groups in total. The average molecular weight is 133 g/mol. The van der Waals surface area contributed by atoms with Gasteiger partial charge in [0.15, 0.2) is 0 Å². The molecule has 0 aromatic heterocycles. The van der Waals surface area contributed by atoms with Gasteiger partial charge in [-0.2, -0.15) is 4.91 Å². The lowest BCUT2D eigenvalue weighted by Gasteiger charge is -2.03. The molecule has 0 amide bonds. The van der Waals surface area contributed by atoms with Gasteiger partial charge in [0.25, 0.3) is 0 Å². The fourth-order valence-electron chi connectivity index (χ4n) is 0.495. The van der Waals surface area contributed by atoms with Crippen molar-refractivity contribution in [1.82, 2.24) is 0 Å². The van der Waals surface area contributed by atoms with E-state index < -0.39 is 6.10 Å². The predicted octanol–water partition coefficient (Wildman–Crippen LogP) is -0.114. The molecule has 0 aliphatic carbocycles. The third-order valence-electron chi connectivity index (χ3n) is 1.02. The maximum Gasteiger partial charge on any atom is 0.0835 e. The molecule has 0 fully saturated rings. The molecular weight excluding hydrogens is 122 g/mol. The van der Waals surface area contributed by atoms with Crippen LogP contribution in [0.2, 0.25) is 0 Å². The van der Waals surface area contributed by atoms with Crippen LogP contribution in [0.15, 0.2) is 5.18 Å². The first-order valence-electron chi connectivity index (χ1n) is 2.89. The lowest BCUT2D eigenvalue weighted by molar-refractivity contribution is 0.127. The first-order valence-corrected chi connectivity index (χ1v) is 2.89. The van der Waals surface area contributed by atoms with Gasteiger partial charge in [-0.05, 0) is 12.8 Å². The zero-order chi connectivity index (χ0) is 7.11. The summed E-state index contributed by atoms with van der Waals surface area (Å²) in [6.45, 7) is 0.0845. The topological polar surface area (TPSA) is 69.9 Å². The first-order chi connectivity index (χ1) is 4.31. The number of hydrogen-bond donors (Lipinski definition) is 2. The highest BCUT2D eigenvalue weighted by Gasteiger charge is 2.00. The van der Waals surface area contributed by atoms with Crippen molar-refractivity contribution in [2.45, 2.75) is 18.9 Å². The van der Waals surface area contributed by atoms with Crippen molar-refractivity contribution in [3.05, 3.63) is 4.91 Å². The summed E-state index contributed by atoms with van der Waals surface area (Å²) in [7, 11) is 0. The number of nitroso groups, excluding NO2 is 1. The Hall–Kier alpha value is -0.480. The van der Waals surface area contributed by atoms with Crippen molar-refractivity contribution >= 4 is 0 Å². The van der Waals surface area contributed by atoms with Crippen LogP contribution in [0.5, 0.6) is 0 Å². The number of aliphatic hydroxyl groups is 2.